The Morgan fingerprint density at radius 1 is 1.25 bits per heavy atom. The molecule has 0 spiro atoms. The van der Waals surface area contributed by atoms with Crippen LogP contribution in [-0.2, 0) is 14.6 Å². The van der Waals surface area contributed by atoms with Crippen molar-refractivity contribution >= 4 is 15.8 Å². The van der Waals surface area contributed by atoms with E-state index in [2.05, 4.69) is 29.5 Å². The summed E-state index contributed by atoms with van der Waals surface area (Å²) in [5.41, 5.74) is 0. The molecule has 0 aliphatic carbocycles. The van der Waals surface area contributed by atoms with Gasteiger partial charge in [-0.25, -0.2) is 8.42 Å². The van der Waals surface area contributed by atoms with E-state index >= 15 is 0 Å². The van der Waals surface area contributed by atoms with Crippen LogP contribution in [0.2, 0.25) is 0 Å². The molecule has 0 bridgehead atoms. The first-order valence-electron chi connectivity index (χ1n) is 7.14. The average molecular weight is 307 g/mol. The molecule has 0 saturated heterocycles. The molecule has 2 N–H and O–H groups in total. The van der Waals surface area contributed by atoms with Gasteiger partial charge < -0.3 is 15.4 Å². The summed E-state index contributed by atoms with van der Waals surface area (Å²) in [6.07, 6.45) is 0.890. The maximum atomic E-state index is 11.3. The van der Waals surface area contributed by atoms with Gasteiger partial charge in [0.1, 0.15) is 0 Å². The Morgan fingerprint density at radius 3 is 2.45 bits per heavy atom. The maximum Gasteiger partial charge on any atom is 0.191 e. The van der Waals surface area contributed by atoms with Gasteiger partial charge in [-0.2, -0.15) is 0 Å². The van der Waals surface area contributed by atoms with Crippen LogP contribution in [0, 0.1) is 5.92 Å². The van der Waals surface area contributed by atoms with Gasteiger partial charge in [0.15, 0.2) is 15.8 Å². The number of hydrogen-bond acceptors (Lipinski definition) is 4. The molecule has 0 aromatic rings. The molecular weight excluding hydrogens is 278 g/mol. The van der Waals surface area contributed by atoms with Gasteiger partial charge in [0, 0.05) is 39.1 Å². The van der Waals surface area contributed by atoms with E-state index in [0.29, 0.717) is 25.0 Å². The van der Waals surface area contributed by atoms with Crippen LogP contribution in [0.25, 0.3) is 0 Å². The third-order valence-electron chi connectivity index (χ3n) is 2.58. The molecule has 0 fully saturated rings. The second-order valence-corrected chi connectivity index (χ2v) is 7.46. The van der Waals surface area contributed by atoms with Gasteiger partial charge in [0.25, 0.3) is 0 Å². The zero-order valence-corrected chi connectivity index (χ0v) is 13.9. The first-order chi connectivity index (χ1) is 9.41. The summed E-state index contributed by atoms with van der Waals surface area (Å²) < 4.78 is 28.2. The fourth-order valence-corrected chi connectivity index (χ4v) is 2.09. The average Bonchev–Trinajstić information content (AvgIpc) is 2.40. The van der Waals surface area contributed by atoms with E-state index in [9.17, 15) is 8.42 Å². The van der Waals surface area contributed by atoms with Crippen molar-refractivity contribution in [2.75, 3.05) is 44.9 Å². The van der Waals surface area contributed by atoms with Gasteiger partial charge in [-0.3, -0.25) is 4.99 Å². The minimum Gasteiger partial charge on any atom is -0.381 e. The van der Waals surface area contributed by atoms with Crippen LogP contribution in [0.5, 0.6) is 0 Å². The third-order valence-corrected chi connectivity index (χ3v) is 4.28. The molecule has 6 nitrogen and oxygen atoms in total. The molecule has 20 heavy (non-hydrogen) atoms. The van der Waals surface area contributed by atoms with Crippen molar-refractivity contribution in [1.82, 2.24) is 10.6 Å². The first kappa shape index (κ1) is 19.2. The first-order valence-corrected chi connectivity index (χ1v) is 8.96. The highest BCUT2D eigenvalue weighted by atomic mass is 32.2. The van der Waals surface area contributed by atoms with E-state index in [1.54, 1.807) is 14.0 Å². The summed E-state index contributed by atoms with van der Waals surface area (Å²) in [4.78, 5) is 4.04. The molecule has 0 aromatic carbocycles. The van der Waals surface area contributed by atoms with Crippen LogP contribution in [0.15, 0.2) is 4.99 Å². The molecule has 0 aliphatic heterocycles. The fourth-order valence-electron chi connectivity index (χ4n) is 1.39. The maximum absolute atomic E-state index is 11.3. The highest BCUT2D eigenvalue weighted by Crippen LogP contribution is 1.92. The Bertz CT molecular complexity index is 367. The van der Waals surface area contributed by atoms with E-state index in [0.717, 1.165) is 19.6 Å². The van der Waals surface area contributed by atoms with Crippen molar-refractivity contribution in [3.8, 4) is 0 Å². The van der Waals surface area contributed by atoms with Gasteiger partial charge >= 0.3 is 0 Å². The highest BCUT2D eigenvalue weighted by molar-refractivity contribution is 7.91. The molecule has 0 heterocycles. The van der Waals surface area contributed by atoms with Crippen molar-refractivity contribution in [3.63, 3.8) is 0 Å². The summed E-state index contributed by atoms with van der Waals surface area (Å²) >= 11 is 0. The molecule has 0 radical (unpaired) electrons. The molecule has 0 aliphatic rings. The minimum atomic E-state index is -2.93. The lowest BCUT2D eigenvalue weighted by atomic mass is 10.2. The van der Waals surface area contributed by atoms with Crippen LogP contribution in [0.1, 0.15) is 27.2 Å². The van der Waals surface area contributed by atoms with Crippen molar-refractivity contribution in [3.05, 3.63) is 0 Å². The molecular formula is C13H29N3O3S. The summed E-state index contributed by atoms with van der Waals surface area (Å²) in [7, 11) is -1.26. The van der Waals surface area contributed by atoms with Crippen molar-refractivity contribution in [1.29, 1.82) is 0 Å². The molecule has 0 atom stereocenters. The lowest BCUT2D eigenvalue weighted by Gasteiger charge is -2.12. The molecule has 7 heteroatoms. The number of nitrogens with one attached hydrogen (secondary N) is 2. The summed E-state index contributed by atoms with van der Waals surface area (Å²) in [5.74, 6) is 1.48. The molecule has 0 rings (SSSR count). The zero-order valence-electron chi connectivity index (χ0n) is 13.1. The SMILES string of the molecule is CCS(=O)(=O)CCNC(=NC)NCCCOCC(C)C. The van der Waals surface area contributed by atoms with Crippen molar-refractivity contribution in [2.24, 2.45) is 10.9 Å². The highest BCUT2D eigenvalue weighted by Gasteiger charge is 2.07. The topological polar surface area (TPSA) is 79.8 Å². The van der Waals surface area contributed by atoms with Gasteiger partial charge in [0.05, 0.1) is 5.75 Å². The van der Waals surface area contributed by atoms with Crippen LogP contribution in [-0.4, -0.2) is 59.2 Å². The van der Waals surface area contributed by atoms with Crippen LogP contribution in [0.3, 0.4) is 0 Å². The Hall–Kier alpha value is -0.820. The van der Waals surface area contributed by atoms with Crippen LogP contribution < -0.4 is 10.6 Å². The summed E-state index contributed by atoms with van der Waals surface area (Å²) in [6.45, 7) is 8.51. The lowest BCUT2D eigenvalue weighted by Crippen LogP contribution is -2.40. The predicted molar refractivity (Wildman–Crippen MR) is 84.0 cm³/mol. The second-order valence-electron chi connectivity index (χ2n) is 4.98. The Kier molecular flexibility index (Phi) is 10.5. The smallest absolute Gasteiger partial charge is 0.191 e. The standard InChI is InChI=1S/C13H29N3O3S/c1-5-20(17,18)10-8-16-13(14-4)15-7-6-9-19-11-12(2)3/h12H,5-11H2,1-4H3,(H2,14,15,16). The Balaban J connectivity index is 3.68. The van der Waals surface area contributed by atoms with Crippen molar-refractivity contribution < 1.29 is 13.2 Å². The van der Waals surface area contributed by atoms with Gasteiger partial charge in [-0.15, -0.1) is 0 Å². The van der Waals surface area contributed by atoms with E-state index in [-0.39, 0.29) is 11.5 Å². The van der Waals surface area contributed by atoms with Crippen molar-refractivity contribution in [2.45, 2.75) is 27.2 Å². The van der Waals surface area contributed by atoms with Gasteiger partial charge in [-0.05, 0) is 12.3 Å². The van der Waals surface area contributed by atoms with E-state index in [1.165, 1.54) is 0 Å². The second kappa shape index (κ2) is 10.9. The van der Waals surface area contributed by atoms with E-state index < -0.39 is 9.84 Å². The van der Waals surface area contributed by atoms with E-state index in [4.69, 9.17) is 4.74 Å². The number of hydrogen-bond donors (Lipinski definition) is 2. The number of sulfone groups is 1. The number of aliphatic imine (C=N–C) groups is 1. The number of guanidine groups is 1. The molecule has 120 valence electrons. The zero-order chi connectivity index (χ0) is 15.4. The summed E-state index contributed by atoms with van der Waals surface area (Å²) in [6, 6.07) is 0. The molecule has 0 aromatic heterocycles. The van der Waals surface area contributed by atoms with Gasteiger partial charge in [0.2, 0.25) is 0 Å². The molecule has 0 amide bonds. The predicted octanol–water partition coefficient (Wildman–Crippen LogP) is 0.649. The number of nitrogens with zero attached hydrogens (tertiary/aromatic N) is 1. The number of rotatable bonds is 10. The molecule has 0 unspecified atom stereocenters. The molecule has 0 saturated carbocycles. The van der Waals surface area contributed by atoms with E-state index in [1.807, 2.05) is 0 Å². The van der Waals surface area contributed by atoms with Crippen LogP contribution >= 0.6 is 0 Å². The number of ether oxygens (including phenoxy) is 1. The third kappa shape index (κ3) is 11.0. The van der Waals surface area contributed by atoms with Gasteiger partial charge in [-0.1, -0.05) is 20.8 Å². The quantitative estimate of drug-likeness (QED) is 0.352. The Labute approximate surface area is 123 Å². The lowest BCUT2D eigenvalue weighted by molar-refractivity contribution is 0.108. The minimum absolute atomic E-state index is 0.127. The normalized spacial score (nSPS) is 12.8. The summed E-state index contributed by atoms with van der Waals surface area (Å²) in [5, 5.41) is 6.11. The Morgan fingerprint density at radius 2 is 1.90 bits per heavy atom. The fraction of sp³-hybridized carbons (Fsp3) is 0.923. The largest absolute Gasteiger partial charge is 0.381 e. The van der Waals surface area contributed by atoms with Crippen LogP contribution in [0.4, 0.5) is 0 Å². The monoisotopic (exact) mass is 307 g/mol.